The number of unbranched alkanes of at least 4 members (excludes halogenated alkanes) is 2. The van der Waals surface area contributed by atoms with Gasteiger partial charge in [0.15, 0.2) is 0 Å². The van der Waals surface area contributed by atoms with Crippen molar-refractivity contribution in [3.63, 3.8) is 0 Å². The van der Waals surface area contributed by atoms with Crippen LogP contribution in [0.15, 0.2) is 10.2 Å². The zero-order valence-corrected chi connectivity index (χ0v) is 13.7. The second-order valence-electron chi connectivity index (χ2n) is 3.74. The van der Waals surface area contributed by atoms with Gasteiger partial charge in [-0.3, -0.25) is 0 Å². The van der Waals surface area contributed by atoms with Gasteiger partial charge in [0.1, 0.15) is 0 Å². The van der Waals surface area contributed by atoms with Gasteiger partial charge in [-0.25, -0.2) is 0 Å². The Labute approximate surface area is 93.8 Å². The summed E-state index contributed by atoms with van der Waals surface area (Å²) in [6.07, 6.45) is 7.77. The van der Waals surface area contributed by atoms with Gasteiger partial charge in [0.2, 0.25) is 0 Å². The van der Waals surface area contributed by atoms with Crippen LogP contribution in [0.25, 0.3) is 0 Å². The summed E-state index contributed by atoms with van der Waals surface area (Å²) in [4.78, 5) is 0. The van der Waals surface area contributed by atoms with Gasteiger partial charge in [-0.05, 0) is 0 Å². The fourth-order valence-corrected chi connectivity index (χ4v) is 15.8. The first-order valence-electron chi connectivity index (χ1n) is 5.51. The molecule has 0 aromatic heterocycles. The summed E-state index contributed by atoms with van der Waals surface area (Å²) in [7, 11) is 0. The van der Waals surface area contributed by atoms with Crippen LogP contribution in [-0.2, 0) is 0 Å². The number of rotatable bonds is 7. The minimum atomic E-state index is -1.90. The fourth-order valence-electron chi connectivity index (χ4n) is 1.53. The second-order valence-corrected chi connectivity index (χ2v) is 24.0. The molecule has 13 heavy (non-hydrogen) atoms. The molecule has 0 nitrogen and oxygen atoms in total. The first-order valence-corrected chi connectivity index (χ1v) is 17.6. The van der Waals surface area contributed by atoms with Gasteiger partial charge in [-0.2, -0.15) is 0 Å². The van der Waals surface area contributed by atoms with Gasteiger partial charge in [0.25, 0.3) is 0 Å². The van der Waals surface area contributed by atoms with Gasteiger partial charge in [-0.15, -0.1) is 0 Å². The average Bonchev–Trinajstić information content (AvgIpc) is 2.12. The van der Waals surface area contributed by atoms with E-state index in [-0.39, 0.29) is 0 Å². The molecule has 0 aliphatic heterocycles. The predicted octanol–water partition coefficient (Wildman–Crippen LogP) is 5.04. The maximum atomic E-state index is 4.07. The Morgan fingerprint density at radius 2 is 1.54 bits per heavy atom. The van der Waals surface area contributed by atoms with Crippen molar-refractivity contribution in [3.8, 4) is 0 Å². The predicted molar refractivity (Wildman–Crippen MR) is 68.9 cm³/mol. The molecule has 0 aliphatic rings. The Morgan fingerprint density at radius 1 is 1.08 bits per heavy atom. The van der Waals surface area contributed by atoms with E-state index in [1.165, 1.54) is 34.6 Å². The van der Waals surface area contributed by atoms with Crippen molar-refractivity contribution in [1.82, 2.24) is 0 Å². The van der Waals surface area contributed by atoms with Crippen LogP contribution in [0, 0.1) is 0 Å². The van der Waals surface area contributed by atoms with Crippen molar-refractivity contribution in [2.75, 3.05) is 0 Å². The number of hydrogen-bond donors (Lipinski definition) is 0. The van der Waals surface area contributed by atoms with Gasteiger partial charge in [0.05, 0.1) is 0 Å². The van der Waals surface area contributed by atoms with E-state index in [1.54, 1.807) is 0 Å². The summed E-state index contributed by atoms with van der Waals surface area (Å²) in [5, 5.41) is 0. The zero-order chi connectivity index (χ0) is 10.2. The molecule has 0 aromatic carbocycles. The van der Waals surface area contributed by atoms with E-state index in [0.717, 1.165) is 0 Å². The molecule has 0 amide bonds. The summed E-state index contributed by atoms with van der Waals surface area (Å²) < 4.78 is 5.49. The van der Waals surface area contributed by atoms with Crippen molar-refractivity contribution in [3.05, 3.63) is 10.2 Å². The van der Waals surface area contributed by atoms with Gasteiger partial charge >= 0.3 is 94.4 Å². The van der Waals surface area contributed by atoms with E-state index in [0.29, 0.717) is 0 Å². The monoisotopic (exact) mass is 354 g/mol. The Kier molecular flexibility index (Phi) is 8.99. The third-order valence-corrected chi connectivity index (χ3v) is 18.9. The van der Waals surface area contributed by atoms with E-state index >= 15 is 0 Å². The molecule has 0 unspecified atom stereocenters. The van der Waals surface area contributed by atoms with Crippen LogP contribution in [0.4, 0.5) is 0 Å². The molecule has 0 rings (SSSR count). The molecular formula is C11H23BrSn. The van der Waals surface area contributed by atoms with E-state index < -0.39 is 16.2 Å². The Balaban J connectivity index is 3.99. The first-order chi connectivity index (χ1) is 6.18. The van der Waals surface area contributed by atoms with E-state index in [9.17, 15) is 0 Å². The molecule has 2 heteroatoms. The van der Waals surface area contributed by atoms with Crippen molar-refractivity contribution in [1.29, 1.82) is 0 Å². The van der Waals surface area contributed by atoms with Crippen LogP contribution in [0.3, 0.4) is 0 Å². The minimum absolute atomic E-state index is 1.34. The fraction of sp³-hybridized carbons (Fsp3) is 0.818. The summed E-state index contributed by atoms with van der Waals surface area (Å²) in [5.41, 5.74) is 0. The molecule has 0 saturated carbocycles. The maximum absolute atomic E-state index is 4.07. The van der Waals surface area contributed by atoms with Crippen LogP contribution in [-0.4, -0.2) is 16.2 Å². The van der Waals surface area contributed by atoms with Gasteiger partial charge in [0, 0.05) is 0 Å². The molecule has 0 N–H and O–H groups in total. The Bertz CT molecular complexity index is 135. The van der Waals surface area contributed by atoms with Gasteiger partial charge in [-0.1, -0.05) is 0 Å². The quantitative estimate of drug-likeness (QED) is 0.562. The van der Waals surface area contributed by atoms with E-state index in [2.05, 4.69) is 43.6 Å². The molecule has 0 heterocycles. The molecule has 0 atom stereocenters. The summed E-state index contributed by atoms with van der Waals surface area (Å²) >= 11 is 2.17. The standard InChI is InChI=1S/2C4H9.C3H5.BrH.Sn/c2*1-3-4-2;1-3-2;;/h2*1,3-4H2,2H3;1,3H,2H3;1H;/q;;;;+1/p-1. The summed E-state index contributed by atoms with van der Waals surface area (Å²) in [6, 6.07) is 0. The topological polar surface area (TPSA) is 0 Å². The molecule has 0 aromatic rings. The molecule has 0 aliphatic carbocycles. The zero-order valence-electron chi connectivity index (χ0n) is 9.28. The van der Waals surface area contributed by atoms with Crippen molar-refractivity contribution in [2.45, 2.75) is 55.3 Å². The Hall–Kier alpha value is 1.02. The number of hydrogen-bond acceptors (Lipinski definition) is 0. The van der Waals surface area contributed by atoms with Crippen molar-refractivity contribution >= 4 is 28.9 Å². The van der Waals surface area contributed by atoms with Crippen LogP contribution in [0.1, 0.15) is 46.5 Å². The average molecular weight is 354 g/mol. The van der Waals surface area contributed by atoms with E-state index in [4.69, 9.17) is 0 Å². The van der Waals surface area contributed by atoms with Crippen molar-refractivity contribution < 1.29 is 0 Å². The van der Waals surface area contributed by atoms with Crippen LogP contribution in [0.2, 0.25) is 8.87 Å². The molecular weight excluding hydrogens is 331 g/mol. The van der Waals surface area contributed by atoms with Crippen LogP contribution >= 0.6 is 12.7 Å². The van der Waals surface area contributed by atoms with Crippen molar-refractivity contribution in [2.24, 2.45) is 0 Å². The number of allylic oxidation sites excluding steroid dienone is 1. The first kappa shape index (κ1) is 14.0. The van der Waals surface area contributed by atoms with Gasteiger partial charge < -0.3 is 0 Å². The molecule has 0 spiro atoms. The van der Waals surface area contributed by atoms with Crippen LogP contribution < -0.4 is 0 Å². The molecule has 0 fully saturated rings. The normalized spacial score (nSPS) is 12.6. The van der Waals surface area contributed by atoms with Crippen LogP contribution in [0.5, 0.6) is 0 Å². The SMILES string of the molecule is CC=[CH][Sn]([Br])([CH2]CCC)[CH2]CCC. The van der Waals surface area contributed by atoms with E-state index in [1.807, 2.05) is 0 Å². The third-order valence-electron chi connectivity index (χ3n) is 2.36. The molecule has 0 saturated heterocycles. The molecule has 78 valence electrons. The second kappa shape index (κ2) is 8.34. The third kappa shape index (κ3) is 7.01. The summed E-state index contributed by atoms with van der Waals surface area (Å²) in [6.45, 7) is 6.73. The molecule has 0 bridgehead atoms. The number of halogens is 1. The summed E-state index contributed by atoms with van der Waals surface area (Å²) in [5.74, 6) is 0. The Morgan fingerprint density at radius 3 is 1.85 bits per heavy atom. The molecule has 0 radical (unpaired) electrons.